The molecule has 0 spiro atoms. The van der Waals surface area contributed by atoms with Gasteiger partial charge in [0.2, 0.25) is 0 Å². The minimum atomic E-state index is -0.0368. The fourth-order valence-corrected chi connectivity index (χ4v) is 2.41. The van der Waals surface area contributed by atoms with Gasteiger partial charge in [0, 0.05) is 11.1 Å². The topological polar surface area (TPSA) is 64.7 Å². The summed E-state index contributed by atoms with van der Waals surface area (Å²) in [4.78, 5) is 12.3. The Morgan fingerprint density at radius 1 is 0.842 bits per heavy atom. The van der Waals surface area contributed by atoms with Crippen LogP contribution in [0.4, 0.5) is 0 Å². The smallest absolute Gasteiger partial charge is 0.193 e. The molecule has 3 heteroatoms. The van der Waals surface area contributed by atoms with Gasteiger partial charge in [-0.3, -0.25) is 4.79 Å². The first-order chi connectivity index (χ1) is 9.22. The number of nitrogens with zero attached hydrogens (tertiary/aromatic N) is 2. The van der Waals surface area contributed by atoms with Crippen molar-refractivity contribution in [2.24, 2.45) is 0 Å². The van der Waals surface area contributed by atoms with E-state index in [1.165, 1.54) is 0 Å². The van der Waals surface area contributed by atoms with Crippen molar-refractivity contribution in [3.63, 3.8) is 0 Å². The number of rotatable bonds is 0. The van der Waals surface area contributed by atoms with Gasteiger partial charge in [-0.05, 0) is 53.9 Å². The summed E-state index contributed by atoms with van der Waals surface area (Å²) < 4.78 is 0. The summed E-state index contributed by atoms with van der Waals surface area (Å²) in [5.41, 5.74) is 4.10. The highest BCUT2D eigenvalue weighted by Crippen LogP contribution is 2.28. The third-order valence-electron chi connectivity index (χ3n) is 3.34. The van der Waals surface area contributed by atoms with E-state index in [2.05, 4.69) is 12.1 Å². The fraction of sp³-hybridized carbons (Fsp3) is 0.0625. The molecule has 0 unspecified atom stereocenters. The molecule has 3 nitrogen and oxygen atoms in total. The summed E-state index contributed by atoms with van der Waals surface area (Å²) in [6, 6.07) is 14.4. The van der Waals surface area contributed by atoms with E-state index >= 15 is 0 Å². The monoisotopic (exact) mass is 244 g/mol. The van der Waals surface area contributed by atoms with E-state index in [9.17, 15) is 4.79 Å². The lowest BCUT2D eigenvalue weighted by atomic mass is 9.84. The number of nitriles is 2. The Kier molecular flexibility index (Phi) is 2.41. The second-order valence-corrected chi connectivity index (χ2v) is 4.47. The lowest BCUT2D eigenvalue weighted by molar-refractivity contribution is 0.103. The van der Waals surface area contributed by atoms with E-state index in [-0.39, 0.29) is 5.78 Å². The molecule has 0 N–H and O–H groups in total. The zero-order chi connectivity index (χ0) is 13.4. The number of ketones is 1. The third kappa shape index (κ3) is 1.69. The van der Waals surface area contributed by atoms with E-state index in [0.717, 1.165) is 11.1 Å². The predicted octanol–water partition coefficient (Wildman–Crippen LogP) is 2.57. The van der Waals surface area contributed by atoms with Crippen molar-refractivity contribution in [3.05, 3.63) is 69.8 Å². The number of carbonyl (C=O) groups excluding carboxylic acids is 1. The molecule has 19 heavy (non-hydrogen) atoms. The predicted molar refractivity (Wildman–Crippen MR) is 68.6 cm³/mol. The number of benzene rings is 2. The zero-order valence-corrected chi connectivity index (χ0v) is 9.97. The first kappa shape index (κ1) is 11.2. The Hall–Kier alpha value is -2.91. The van der Waals surface area contributed by atoms with Crippen LogP contribution >= 0.6 is 0 Å². The van der Waals surface area contributed by atoms with E-state index < -0.39 is 0 Å². The normalized spacial score (nSPS) is 12.0. The molecule has 0 heterocycles. The van der Waals surface area contributed by atoms with Gasteiger partial charge in [0.1, 0.15) is 0 Å². The van der Waals surface area contributed by atoms with Gasteiger partial charge in [-0.1, -0.05) is 0 Å². The average molecular weight is 244 g/mol. The van der Waals surface area contributed by atoms with Crippen LogP contribution in [0.25, 0.3) is 0 Å². The molecular weight excluding hydrogens is 236 g/mol. The number of carbonyl (C=O) groups is 1. The van der Waals surface area contributed by atoms with Crippen molar-refractivity contribution in [1.82, 2.24) is 0 Å². The van der Waals surface area contributed by atoms with Gasteiger partial charge < -0.3 is 0 Å². The lowest BCUT2D eigenvalue weighted by Gasteiger charge is -2.18. The molecular formula is C16H8N2O. The van der Waals surface area contributed by atoms with Crippen molar-refractivity contribution < 1.29 is 4.79 Å². The van der Waals surface area contributed by atoms with Gasteiger partial charge in [0.05, 0.1) is 23.3 Å². The summed E-state index contributed by atoms with van der Waals surface area (Å²) in [7, 11) is 0. The summed E-state index contributed by atoms with van der Waals surface area (Å²) in [5.74, 6) is -0.0368. The van der Waals surface area contributed by atoms with Crippen molar-refractivity contribution in [2.45, 2.75) is 6.42 Å². The lowest BCUT2D eigenvalue weighted by Crippen LogP contribution is -2.15. The van der Waals surface area contributed by atoms with Gasteiger partial charge in [0.25, 0.3) is 0 Å². The van der Waals surface area contributed by atoms with Crippen LogP contribution in [-0.4, -0.2) is 5.78 Å². The molecule has 0 fully saturated rings. The Morgan fingerprint density at radius 2 is 1.32 bits per heavy atom. The first-order valence-corrected chi connectivity index (χ1v) is 5.83. The molecule has 0 aromatic heterocycles. The van der Waals surface area contributed by atoms with Crippen LogP contribution in [0.2, 0.25) is 0 Å². The molecule has 0 aliphatic heterocycles. The maximum atomic E-state index is 12.3. The van der Waals surface area contributed by atoms with Crippen molar-refractivity contribution in [2.75, 3.05) is 0 Å². The van der Waals surface area contributed by atoms with Gasteiger partial charge in [-0.15, -0.1) is 0 Å². The Labute approximate surface area is 110 Å². The molecule has 0 bridgehead atoms. The summed E-state index contributed by atoms with van der Waals surface area (Å²) in [6.07, 6.45) is 0.585. The summed E-state index contributed by atoms with van der Waals surface area (Å²) in [6.45, 7) is 0. The molecule has 0 atom stereocenters. The number of hydrogen-bond donors (Lipinski definition) is 0. The maximum Gasteiger partial charge on any atom is 0.193 e. The van der Waals surface area contributed by atoms with E-state index in [4.69, 9.17) is 10.5 Å². The Morgan fingerprint density at radius 3 is 1.74 bits per heavy atom. The van der Waals surface area contributed by atoms with E-state index in [1.807, 2.05) is 0 Å². The SMILES string of the molecule is N#Cc1ccc2c(c1)Cc1cc(C#N)ccc1C2=O. The van der Waals surface area contributed by atoms with Crippen LogP contribution in [0.5, 0.6) is 0 Å². The number of fused-ring (bicyclic) bond motifs is 2. The number of hydrogen-bond acceptors (Lipinski definition) is 3. The molecule has 3 rings (SSSR count). The van der Waals surface area contributed by atoms with Gasteiger partial charge in [-0.2, -0.15) is 10.5 Å². The molecule has 0 saturated carbocycles. The third-order valence-corrected chi connectivity index (χ3v) is 3.34. The molecule has 2 aromatic carbocycles. The van der Waals surface area contributed by atoms with Crippen LogP contribution in [0, 0.1) is 22.7 Å². The molecule has 0 saturated heterocycles. The molecule has 88 valence electrons. The summed E-state index contributed by atoms with van der Waals surface area (Å²) >= 11 is 0. The summed E-state index contributed by atoms with van der Waals surface area (Å²) in [5, 5.41) is 17.8. The maximum absolute atomic E-state index is 12.3. The van der Waals surface area contributed by atoms with Crippen LogP contribution in [-0.2, 0) is 6.42 Å². The minimum Gasteiger partial charge on any atom is -0.289 e. The molecule has 1 aliphatic carbocycles. The van der Waals surface area contributed by atoms with Crippen molar-refractivity contribution in [1.29, 1.82) is 10.5 Å². The second kappa shape index (κ2) is 4.08. The van der Waals surface area contributed by atoms with E-state index in [0.29, 0.717) is 28.7 Å². The van der Waals surface area contributed by atoms with Crippen LogP contribution < -0.4 is 0 Å². The highest BCUT2D eigenvalue weighted by Gasteiger charge is 2.23. The molecule has 2 aromatic rings. The highest BCUT2D eigenvalue weighted by atomic mass is 16.1. The molecule has 0 radical (unpaired) electrons. The Bertz CT molecular complexity index is 726. The van der Waals surface area contributed by atoms with Crippen LogP contribution in [0.3, 0.4) is 0 Å². The van der Waals surface area contributed by atoms with Crippen molar-refractivity contribution >= 4 is 5.78 Å². The fourth-order valence-electron chi connectivity index (χ4n) is 2.41. The largest absolute Gasteiger partial charge is 0.289 e. The quantitative estimate of drug-likeness (QED) is 0.610. The van der Waals surface area contributed by atoms with Gasteiger partial charge in [-0.25, -0.2) is 0 Å². The van der Waals surface area contributed by atoms with E-state index in [1.54, 1.807) is 36.4 Å². The molecule has 1 aliphatic rings. The first-order valence-electron chi connectivity index (χ1n) is 5.83. The average Bonchev–Trinajstić information content (AvgIpc) is 2.46. The Balaban J connectivity index is 2.18. The van der Waals surface area contributed by atoms with Crippen LogP contribution in [0.15, 0.2) is 36.4 Å². The minimum absolute atomic E-state index is 0.0368. The van der Waals surface area contributed by atoms with Gasteiger partial charge in [0.15, 0.2) is 5.78 Å². The van der Waals surface area contributed by atoms with Gasteiger partial charge >= 0.3 is 0 Å². The zero-order valence-electron chi connectivity index (χ0n) is 9.97. The molecule has 0 amide bonds. The van der Waals surface area contributed by atoms with Crippen LogP contribution in [0.1, 0.15) is 38.2 Å². The van der Waals surface area contributed by atoms with Crippen molar-refractivity contribution in [3.8, 4) is 12.1 Å². The second-order valence-electron chi connectivity index (χ2n) is 4.47. The highest BCUT2D eigenvalue weighted by molar-refractivity contribution is 6.12. The standard InChI is InChI=1S/C16H8N2O/c17-8-10-1-3-14-12(5-10)7-13-6-11(9-18)2-4-15(13)16(14)19/h1-6H,7H2.